The van der Waals surface area contributed by atoms with Crippen molar-refractivity contribution in [3.63, 3.8) is 0 Å². The zero-order valence-corrected chi connectivity index (χ0v) is 15.7. The number of aliphatic hydroxyl groups is 3. The summed E-state index contributed by atoms with van der Waals surface area (Å²) in [6.45, 7) is 2.11. The van der Waals surface area contributed by atoms with Crippen LogP contribution in [0.15, 0.2) is 24.3 Å². The van der Waals surface area contributed by atoms with Gasteiger partial charge in [-0.1, -0.05) is 50.5 Å². The molecule has 0 radical (unpaired) electrons. The molecule has 150 valence electrons. The molecule has 1 heterocycles. The number of ether oxygens (including phenoxy) is 1. The van der Waals surface area contributed by atoms with Crippen molar-refractivity contribution in [3.05, 3.63) is 24.3 Å². The number of allylic oxidation sites excluding steroid dienone is 2. The van der Waals surface area contributed by atoms with Crippen molar-refractivity contribution in [1.29, 1.82) is 0 Å². The normalized spacial score (nSPS) is 28.0. The first-order valence-corrected chi connectivity index (χ1v) is 9.68. The molecule has 0 saturated carbocycles. The summed E-state index contributed by atoms with van der Waals surface area (Å²) in [5.74, 6) is -1.00. The molecule has 6 nitrogen and oxygen atoms in total. The van der Waals surface area contributed by atoms with Crippen LogP contribution in [0.1, 0.15) is 64.7 Å². The van der Waals surface area contributed by atoms with Gasteiger partial charge in [0.05, 0.1) is 18.3 Å². The highest BCUT2D eigenvalue weighted by atomic mass is 16.6. The highest BCUT2D eigenvalue weighted by Gasteiger charge is 2.35. The summed E-state index contributed by atoms with van der Waals surface area (Å²) in [5.41, 5.74) is 0. The van der Waals surface area contributed by atoms with E-state index < -0.39 is 30.6 Å². The molecule has 1 fully saturated rings. The van der Waals surface area contributed by atoms with Gasteiger partial charge in [0.1, 0.15) is 0 Å². The molecule has 1 aliphatic rings. The fourth-order valence-electron chi connectivity index (χ4n) is 3.10. The van der Waals surface area contributed by atoms with E-state index >= 15 is 0 Å². The maximum Gasteiger partial charge on any atom is 0.303 e. The number of hydrogen-bond acceptors (Lipinski definition) is 5. The molecular weight excluding hydrogens is 336 g/mol. The quantitative estimate of drug-likeness (QED) is 0.311. The maximum atomic E-state index is 10.5. The van der Waals surface area contributed by atoms with E-state index in [0.717, 1.165) is 19.3 Å². The fraction of sp³-hybridized carbons (Fsp3) is 0.750. The average Bonchev–Trinajstić information content (AvgIpc) is 2.57. The highest BCUT2D eigenvalue weighted by Crippen LogP contribution is 2.29. The van der Waals surface area contributed by atoms with Gasteiger partial charge in [-0.15, -0.1) is 0 Å². The molecule has 1 saturated heterocycles. The standard InChI is InChI=1S/C20H34O6/c1-2-3-6-9-15(21)12-13-18-16(17(22)14-20(25)26-18)10-7-4-5-8-11-19(23)24/h4,7,12-13,15-18,20-22,25H,2-3,5-6,8-11,14H2,1H3,(H,23,24)/b7-4-,13-12+/t15-,16-,17-,18+,20-/m0/s1. The Hall–Kier alpha value is -1.21. The van der Waals surface area contributed by atoms with Crippen LogP contribution in [0.2, 0.25) is 0 Å². The van der Waals surface area contributed by atoms with Crippen LogP contribution < -0.4 is 0 Å². The third kappa shape index (κ3) is 9.48. The summed E-state index contributed by atoms with van der Waals surface area (Å²) in [6, 6.07) is 0. The molecule has 1 aliphatic heterocycles. The highest BCUT2D eigenvalue weighted by molar-refractivity contribution is 5.66. The van der Waals surface area contributed by atoms with Crippen molar-refractivity contribution in [2.45, 2.75) is 89.3 Å². The molecule has 0 aromatic carbocycles. The van der Waals surface area contributed by atoms with Gasteiger partial charge in [-0.25, -0.2) is 0 Å². The first-order valence-electron chi connectivity index (χ1n) is 9.68. The molecule has 0 spiro atoms. The Labute approximate surface area is 156 Å². The zero-order chi connectivity index (χ0) is 19.4. The van der Waals surface area contributed by atoms with Gasteiger partial charge in [-0.05, 0) is 25.7 Å². The van der Waals surface area contributed by atoms with E-state index in [9.17, 15) is 20.1 Å². The molecule has 26 heavy (non-hydrogen) atoms. The summed E-state index contributed by atoms with van der Waals surface area (Å²) in [6.07, 6.45) is 10.5. The van der Waals surface area contributed by atoms with E-state index in [1.54, 1.807) is 12.2 Å². The largest absolute Gasteiger partial charge is 0.481 e. The lowest BCUT2D eigenvalue weighted by molar-refractivity contribution is -0.199. The number of carboxylic acid groups (broad SMARTS) is 1. The van der Waals surface area contributed by atoms with Crippen LogP contribution in [-0.2, 0) is 9.53 Å². The lowest BCUT2D eigenvalue weighted by Crippen LogP contribution is -2.43. The molecule has 0 amide bonds. The van der Waals surface area contributed by atoms with Gasteiger partial charge in [0, 0.05) is 18.8 Å². The van der Waals surface area contributed by atoms with E-state index in [1.165, 1.54) is 0 Å². The third-order valence-electron chi connectivity index (χ3n) is 4.64. The summed E-state index contributed by atoms with van der Waals surface area (Å²) in [5, 5.41) is 38.7. The third-order valence-corrected chi connectivity index (χ3v) is 4.64. The van der Waals surface area contributed by atoms with E-state index in [-0.39, 0.29) is 18.8 Å². The molecule has 5 atom stereocenters. The Morgan fingerprint density at radius 3 is 2.69 bits per heavy atom. The zero-order valence-electron chi connectivity index (χ0n) is 15.7. The second-order valence-electron chi connectivity index (χ2n) is 6.96. The van der Waals surface area contributed by atoms with Crippen molar-refractivity contribution in [3.8, 4) is 0 Å². The fourth-order valence-corrected chi connectivity index (χ4v) is 3.10. The number of rotatable bonds is 12. The number of carbonyl (C=O) groups is 1. The molecular formula is C20H34O6. The Balaban J connectivity index is 2.52. The van der Waals surface area contributed by atoms with Gasteiger partial charge >= 0.3 is 5.97 Å². The van der Waals surface area contributed by atoms with Gasteiger partial charge in [-0.2, -0.15) is 0 Å². The Morgan fingerprint density at radius 2 is 2.00 bits per heavy atom. The van der Waals surface area contributed by atoms with Crippen LogP contribution in [0, 0.1) is 5.92 Å². The summed E-state index contributed by atoms with van der Waals surface area (Å²) in [4.78, 5) is 10.5. The first-order chi connectivity index (χ1) is 12.4. The van der Waals surface area contributed by atoms with Crippen LogP contribution in [0.25, 0.3) is 0 Å². The monoisotopic (exact) mass is 370 g/mol. The lowest BCUT2D eigenvalue weighted by atomic mass is 9.87. The van der Waals surface area contributed by atoms with Crippen molar-refractivity contribution in [2.24, 2.45) is 5.92 Å². The van der Waals surface area contributed by atoms with E-state index in [4.69, 9.17) is 9.84 Å². The minimum Gasteiger partial charge on any atom is -0.481 e. The smallest absolute Gasteiger partial charge is 0.303 e. The lowest BCUT2D eigenvalue weighted by Gasteiger charge is -2.36. The van der Waals surface area contributed by atoms with E-state index in [2.05, 4.69) is 6.92 Å². The van der Waals surface area contributed by atoms with E-state index in [1.807, 2.05) is 12.2 Å². The van der Waals surface area contributed by atoms with Gasteiger partial charge in [-0.3, -0.25) is 4.79 Å². The Morgan fingerprint density at radius 1 is 1.23 bits per heavy atom. The topological polar surface area (TPSA) is 107 Å². The summed E-state index contributed by atoms with van der Waals surface area (Å²) < 4.78 is 5.54. The second kappa shape index (κ2) is 13.0. The number of aliphatic hydroxyl groups excluding tert-OH is 3. The van der Waals surface area contributed by atoms with Crippen molar-refractivity contribution < 1.29 is 30.0 Å². The van der Waals surface area contributed by atoms with Crippen molar-refractivity contribution in [1.82, 2.24) is 0 Å². The Bertz CT molecular complexity index is 448. The number of carboxylic acids is 1. The van der Waals surface area contributed by atoms with E-state index in [0.29, 0.717) is 25.7 Å². The minimum absolute atomic E-state index is 0.146. The van der Waals surface area contributed by atoms with Crippen LogP contribution >= 0.6 is 0 Å². The van der Waals surface area contributed by atoms with Crippen molar-refractivity contribution >= 4 is 5.97 Å². The second-order valence-corrected chi connectivity index (χ2v) is 6.96. The van der Waals surface area contributed by atoms with Gasteiger partial charge in [0.25, 0.3) is 0 Å². The van der Waals surface area contributed by atoms with Crippen LogP contribution in [0.5, 0.6) is 0 Å². The van der Waals surface area contributed by atoms with Crippen LogP contribution in [-0.4, -0.2) is 51.0 Å². The summed E-state index contributed by atoms with van der Waals surface area (Å²) >= 11 is 0. The molecule has 0 aromatic rings. The molecule has 0 aliphatic carbocycles. The number of hydrogen-bond donors (Lipinski definition) is 4. The molecule has 0 aromatic heterocycles. The van der Waals surface area contributed by atoms with Gasteiger partial charge in [0.15, 0.2) is 6.29 Å². The average molecular weight is 370 g/mol. The van der Waals surface area contributed by atoms with Crippen molar-refractivity contribution in [2.75, 3.05) is 0 Å². The molecule has 4 N–H and O–H groups in total. The predicted molar refractivity (Wildman–Crippen MR) is 99.5 cm³/mol. The van der Waals surface area contributed by atoms with Gasteiger partial charge < -0.3 is 25.2 Å². The molecule has 0 unspecified atom stereocenters. The van der Waals surface area contributed by atoms with Gasteiger partial charge in [0.2, 0.25) is 0 Å². The van der Waals surface area contributed by atoms with Crippen LogP contribution in [0.3, 0.4) is 0 Å². The SMILES string of the molecule is CCCCC[C@H](O)/C=C/[C@H]1O[C@H](O)C[C@H](O)[C@@H]1C/C=C\CCCC(=O)O. The molecule has 6 heteroatoms. The number of aliphatic carboxylic acids is 1. The minimum atomic E-state index is -1.01. The van der Waals surface area contributed by atoms with Crippen LogP contribution in [0.4, 0.5) is 0 Å². The maximum absolute atomic E-state index is 10.5. The molecule has 1 rings (SSSR count). The summed E-state index contributed by atoms with van der Waals surface area (Å²) in [7, 11) is 0. The first kappa shape index (κ1) is 22.8. The predicted octanol–water partition coefficient (Wildman–Crippen LogP) is 2.77. The molecule has 0 bridgehead atoms. The Kier molecular flexibility index (Phi) is 11.4. The number of unbranched alkanes of at least 4 members (excludes halogenated alkanes) is 3.